The van der Waals surface area contributed by atoms with E-state index in [1.165, 1.54) is 44.2 Å². The Morgan fingerprint density at radius 1 is 0.917 bits per heavy atom. The molecular formula is C22H26F2. The topological polar surface area (TPSA) is 0 Å². The molecule has 1 aliphatic rings. The van der Waals surface area contributed by atoms with Crippen LogP contribution in [-0.2, 0) is 6.42 Å². The van der Waals surface area contributed by atoms with Crippen molar-refractivity contribution < 1.29 is 8.78 Å². The molecule has 0 bridgehead atoms. The first-order chi connectivity index (χ1) is 11.7. The molecule has 0 aromatic heterocycles. The van der Waals surface area contributed by atoms with Crippen LogP contribution in [0.2, 0.25) is 0 Å². The molecule has 24 heavy (non-hydrogen) atoms. The van der Waals surface area contributed by atoms with E-state index < -0.39 is 0 Å². The third-order valence-electron chi connectivity index (χ3n) is 5.55. The third kappa shape index (κ3) is 4.23. The van der Waals surface area contributed by atoms with Crippen molar-refractivity contribution in [3.63, 3.8) is 0 Å². The van der Waals surface area contributed by atoms with Gasteiger partial charge in [0.1, 0.15) is 11.6 Å². The first kappa shape index (κ1) is 17.1. The minimum absolute atomic E-state index is 0.257. The predicted octanol–water partition coefficient (Wildman–Crippen LogP) is 6.78. The van der Waals surface area contributed by atoms with Gasteiger partial charge in [-0.25, -0.2) is 8.78 Å². The number of halogens is 2. The van der Waals surface area contributed by atoms with E-state index in [0.29, 0.717) is 11.1 Å². The lowest BCUT2D eigenvalue weighted by Gasteiger charge is -2.27. The van der Waals surface area contributed by atoms with Crippen molar-refractivity contribution >= 4 is 0 Å². The molecular weight excluding hydrogens is 302 g/mol. The molecule has 0 aliphatic heterocycles. The minimum Gasteiger partial charge on any atom is -0.207 e. The largest absolute Gasteiger partial charge is 0.207 e. The van der Waals surface area contributed by atoms with Gasteiger partial charge in [-0.15, -0.1) is 0 Å². The molecule has 1 saturated carbocycles. The summed E-state index contributed by atoms with van der Waals surface area (Å²) in [7, 11) is 0. The fourth-order valence-electron chi connectivity index (χ4n) is 3.90. The Hall–Kier alpha value is -1.70. The predicted molar refractivity (Wildman–Crippen MR) is 95.9 cm³/mol. The van der Waals surface area contributed by atoms with Crippen molar-refractivity contribution in [2.24, 2.45) is 11.8 Å². The molecule has 1 aliphatic carbocycles. The number of aryl methyl sites for hydroxylation is 1. The molecule has 0 unspecified atom stereocenters. The van der Waals surface area contributed by atoms with Gasteiger partial charge >= 0.3 is 0 Å². The highest BCUT2D eigenvalue weighted by Gasteiger charge is 2.19. The molecule has 0 heterocycles. The summed E-state index contributed by atoms with van der Waals surface area (Å²) in [4.78, 5) is 0. The molecule has 0 nitrogen and oxygen atoms in total. The highest BCUT2D eigenvalue weighted by atomic mass is 19.1. The lowest BCUT2D eigenvalue weighted by molar-refractivity contribution is 0.259. The fourth-order valence-corrected chi connectivity index (χ4v) is 3.90. The Labute approximate surface area is 143 Å². The van der Waals surface area contributed by atoms with Gasteiger partial charge in [-0.2, -0.15) is 0 Å². The number of hydrogen-bond acceptors (Lipinski definition) is 0. The van der Waals surface area contributed by atoms with Crippen molar-refractivity contribution in [1.82, 2.24) is 0 Å². The molecule has 0 radical (unpaired) electrons. The van der Waals surface area contributed by atoms with Crippen LogP contribution in [-0.4, -0.2) is 0 Å². The number of hydrogen-bond donors (Lipinski definition) is 0. The van der Waals surface area contributed by atoms with Gasteiger partial charge in [-0.3, -0.25) is 0 Å². The lowest BCUT2D eigenvalue weighted by atomic mass is 9.78. The van der Waals surface area contributed by atoms with Crippen LogP contribution in [0, 0.1) is 23.5 Å². The molecule has 0 N–H and O–H groups in total. The Bertz CT molecular complexity index is 669. The van der Waals surface area contributed by atoms with E-state index in [0.717, 1.165) is 30.2 Å². The second kappa shape index (κ2) is 7.92. The first-order valence-electron chi connectivity index (χ1n) is 9.20. The first-order valence-corrected chi connectivity index (χ1v) is 9.20. The van der Waals surface area contributed by atoms with E-state index in [2.05, 4.69) is 6.92 Å². The van der Waals surface area contributed by atoms with Gasteiger partial charge in [0.05, 0.1) is 0 Å². The zero-order chi connectivity index (χ0) is 16.9. The normalized spacial score (nSPS) is 21.0. The Morgan fingerprint density at radius 3 is 2.33 bits per heavy atom. The Morgan fingerprint density at radius 2 is 1.67 bits per heavy atom. The second-order valence-electron chi connectivity index (χ2n) is 7.16. The summed E-state index contributed by atoms with van der Waals surface area (Å²) in [5.74, 6) is 1.12. The van der Waals surface area contributed by atoms with E-state index in [-0.39, 0.29) is 11.6 Å². The summed E-state index contributed by atoms with van der Waals surface area (Å²) in [5.41, 5.74) is 2.11. The maximum atomic E-state index is 14.4. The Kier molecular flexibility index (Phi) is 5.65. The molecule has 128 valence electrons. The van der Waals surface area contributed by atoms with Gasteiger partial charge in [-0.05, 0) is 54.0 Å². The molecule has 1 fully saturated rings. The highest BCUT2D eigenvalue weighted by Crippen LogP contribution is 2.33. The van der Waals surface area contributed by atoms with Crippen molar-refractivity contribution in [2.75, 3.05) is 0 Å². The van der Waals surface area contributed by atoms with Gasteiger partial charge in [0.2, 0.25) is 0 Å². The zero-order valence-corrected chi connectivity index (χ0v) is 14.4. The van der Waals surface area contributed by atoms with Crippen LogP contribution in [0.15, 0.2) is 42.5 Å². The van der Waals surface area contributed by atoms with Crippen LogP contribution in [0.1, 0.15) is 51.0 Å². The van der Waals surface area contributed by atoms with E-state index in [4.69, 9.17) is 0 Å². The molecule has 0 atom stereocenters. The summed E-state index contributed by atoms with van der Waals surface area (Å²) in [6, 6.07) is 11.5. The van der Waals surface area contributed by atoms with Gasteiger partial charge in [0.25, 0.3) is 0 Å². The Balaban J connectivity index is 1.61. The molecule has 0 spiro atoms. The van der Waals surface area contributed by atoms with E-state index in [1.54, 1.807) is 24.3 Å². The molecule has 0 amide bonds. The van der Waals surface area contributed by atoms with Crippen LogP contribution < -0.4 is 0 Å². The number of benzene rings is 2. The second-order valence-corrected chi connectivity index (χ2v) is 7.16. The molecule has 2 heteroatoms. The summed E-state index contributed by atoms with van der Waals surface area (Å²) in [5, 5.41) is 0. The van der Waals surface area contributed by atoms with Crippen molar-refractivity contribution in [3.8, 4) is 11.1 Å². The molecule has 2 aromatic rings. The lowest BCUT2D eigenvalue weighted by Crippen LogP contribution is -2.14. The van der Waals surface area contributed by atoms with Crippen molar-refractivity contribution in [1.29, 1.82) is 0 Å². The smallest absolute Gasteiger partial charge is 0.131 e. The highest BCUT2D eigenvalue weighted by molar-refractivity contribution is 5.64. The summed E-state index contributed by atoms with van der Waals surface area (Å²) in [6.07, 6.45) is 8.74. The maximum absolute atomic E-state index is 14.4. The van der Waals surface area contributed by atoms with Crippen LogP contribution in [0.3, 0.4) is 0 Å². The standard InChI is InChI=1S/C22H26F2/c1-2-16-6-8-17(9-7-16)10-11-18-12-13-21(22(24)14-18)19-4-3-5-20(23)15-19/h3-5,12-17H,2,6-11H2,1H3. The summed E-state index contributed by atoms with van der Waals surface area (Å²) >= 11 is 0. The minimum atomic E-state index is -0.335. The van der Waals surface area contributed by atoms with Crippen LogP contribution in [0.5, 0.6) is 0 Å². The third-order valence-corrected chi connectivity index (χ3v) is 5.55. The monoisotopic (exact) mass is 328 g/mol. The van der Waals surface area contributed by atoms with Crippen LogP contribution in [0.25, 0.3) is 11.1 Å². The van der Waals surface area contributed by atoms with E-state index >= 15 is 0 Å². The molecule has 3 rings (SSSR count). The van der Waals surface area contributed by atoms with E-state index in [9.17, 15) is 8.78 Å². The average molecular weight is 328 g/mol. The van der Waals surface area contributed by atoms with Gasteiger partial charge in [0.15, 0.2) is 0 Å². The quantitative estimate of drug-likeness (QED) is 0.567. The summed E-state index contributed by atoms with van der Waals surface area (Å²) in [6.45, 7) is 2.29. The molecule has 2 aromatic carbocycles. The van der Waals surface area contributed by atoms with Crippen molar-refractivity contribution in [2.45, 2.75) is 51.9 Å². The van der Waals surface area contributed by atoms with Crippen molar-refractivity contribution in [3.05, 3.63) is 59.7 Å². The van der Waals surface area contributed by atoms with Gasteiger partial charge in [0, 0.05) is 5.56 Å². The van der Waals surface area contributed by atoms with Crippen LogP contribution >= 0.6 is 0 Å². The van der Waals surface area contributed by atoms with Gasteiger partial charge in [-0.1, -0.05) is 63.3 Å². The zero-order valence-electron chi connectivity index (χ0n) is 14.4. The van der Waals surface area contributed by atoms with E-state index in [1.807, 2.05) is 6.07 Å². The number of rotatable bonds is 5. The average Bonchev–Trinajstić information content (AvgIpc) is 2.60. The van der Waals surface area contributed by atoms with Crippen LogP contribution in [0.4, 0.5) is 8.78 Å². The molecule has 0 saturated heterocycles. The fraction of sp³-hybridized carbons (Fsp3) is 0.455. The van der Waals surface area contributed by atoms with Gasteiger partial charge < -0.3 is 0 Å². The maximum Gasteiger partial charge on any atom is 0.131 e. The SMILES string of the molecule is CCC1CCC(CCc2ccc(-c3cccc(F)c3)c(F)c2)CC1. The summed E-state index contributed by atoms with van der Waals surface area (Å²) < 4.78 is 27.7.